The third kappa shape index (κ3) is 1.99. The summed E-state index contributed by atoms with van der Waals surface area (Å²) in [6, 6.07) is 7.72. The van der Waals surface area contributed by atoms with Crippen LogP contribution >= 0.6 is 11.3 Å². The van der Waals surface area contributed by atoms with Gasteiger partial charge in [-0.05, 0) is 11.6 Å². The lowest BCUT2D eigenvalue weighted by Gasteiger charge is -2.09. The van der Waals surface area contributed by atoms with E-state index < -0.39 is 0 Å². The Morgan fingerprint density at radius 3 is 3.12 bits per heavy atom. The molecule has 1 aromatic heterocycles. The van der Waals surface area contributed by atoms with Crippen LogP contribution in [0.4, 0.5) is 10.8 Å². The minimum atomic E-state index is -0.226. The summed E-state index contributed by atoms with van der Waals surface area (Å²) in [5.74, 6) is -0.0713. The number of carbonyl (C=O) groups excluding carboxylic acids is 1. The Labute approximate surface area is 102 Å². The zero-order valence-corrected chi connectivity index (χ0v) is 9.70. The molecule has 2 heterocycles. The fourth-order valence-electron chi connectivity index (χ4n) is 1.88. The first kappa shape index (κ1) is 10.2. The van der Waals surface area contributed by atoms with Gasteiger partial charge in [-0.1, -0.05) is 29.5 Å². The summed E-state index contributed by atoms with van der Waals surface area (Å²) >= 11 is 1.31. The third-order valence-corrected chi connectivity index (χ3v) is 3.28. The highest BCUT2D eigenvalue weighted by molar-refractivity contribution is 7.13. The first-order valence-corrected chi connectivity index (χ1v) is 6.12. The van der Waals surface area contributed by atoms with Gasteiger partial charge in [-0.3, -0.25) is 10.1 Å². The minimum absolute atomic E-state index is 0.0713. The molecule has 0 bridgehead atoms. The van der Waals surface area contributed by atoms with E-state index in [1.165, 1.54) is 16.9 Å². The van der Waals surface area contributed by atoms with Crippen LogP contribution in [0.2, 0.25) is 0 Å². The second-order valence-corrected chi connectivity index (χ2v) is 4.62. The molecule has 5 nitrogen and oxygen atoms in total. The van der Waals surface area contributed by atoms with Gasteiger partial charge in [0.25, 0.3) is 0 Å². The highest BCUT2D eigenvalue weighted by atomic mass is 32.1. The van der Waals surface area contributed by atoms with E-state index in [1.807, 2.05) is 24.3 Å². The average Bonchev–Trinajstić information content (AvgIpc) is 2.96. The molecule has 6 heteroatoms. The zero-order chi connectivity index (χ0) is 11.7. The van der Waals surface area contributed by atoms with Crippen LogP contribution in [0.3, 0.4) is 0 Å². The summed E-state index contributed by atoms with van der Waals surface area (Å²) in [5, 5.41) is 13.9. The van der Waals surface area contributed by atoms with Crippen LogP contribution in [0, 0.1) is 0 Å². The van der Waals surface area contributed by atoms with Crippen molar-refractivity contribution >= 4 is 28.1 Å². The van der Waals surface area contributed by atoms with E-state index in [0.717, 1.165) is 5.69 Å². The van der Waals surface area contributed by atoms with Gasteiger partial charge in [-0.25, -0.2) is 0 Å². The molecule has 1 aliphatic heterocycles. The molecule has 1 amide bonds. The first-order valence-electron chi connectivity index (χ1n) is 5.24. The molecule has 0 radical (unpaired) electrons. The van der Waals surface area contributed by atoms with Gasteiger partial charge < -0.3 is 5.32 Å². The number of hydrogen-bond donors (Lipinski definition) is 2. The van der Waals surface area contributed by atoms with Crippen molar-refractivity contribution in [2.24, 2.45) is 0 Å². The largest absolute Gasteiger partial charge is 0.373 e. The van der Waals surface area contributed by atoms with E-state index >= 15 is 0 Å². The number of aromatic nitrogens is 2. The second kappa shape index (κ2) is 4.14. The SMILES string of the molecule is O=C(Nc1nncs1)[C@@H]1Cc2ccccc2N1. The Kier molecular flexibility index (Phi) is 2.49. The van der Waals surface area contributed by atoms with Gasteiger partial charge in [0.2, 0.25) is 11.0 Å². The summed E-state index contributed by atoms with van der Waals surface area (Å²) in [5.41, 5.74) is 3.79. The van der Waals surface area contributed by atoms with Crippen molar-refractivity contribution in [1.82, 2.24) is 10.2 Å². The molecular formula is C11H10N4OS. The topological polar surface area (TPSA) is 66.9 Å². The average molecular weight is 246 g/mol. The lowest BCUT2D eigenvalue weighted by Crippen LogP contribution is -2.32. The van der Waals surface area contributed by atoms with E-state index in [9.17, 15) is 4.79 Å². The molecule has 1 atom stereocenters. The summed E-state index contributed by atoms with van der Waals surface area (Å²) < 4.78 is 0. The number of anilines is 2. The maximum Gasteiger partial charge on any atom is 0.249 e. The Balaban J connectivity index is 1.70. The van der Waals surface area contributed by atoms with Gasteiger partial charge in [0.15, 0.2) is 0 Å². The van der Waals surface area contributed by atoms with Gasteiger partial charge in [0.05, 0.1) is 0 Å². The fourth-order valence-corrected chi connectivity index (χ4v) is 2.32. The Morgan fingerprint density at radius 2 is 2.35 bits per heavy atom. The van der Waals surface area contributed by atoms with Crippen LogP contribution in [-0.2, 0) is 11.2 Å². The van der Waals surface area contributed by atoms with Crippen molar-refractivity contribution in [3.63, 3.8) is 0 Å². The molecule has 86 valence electrons. The molecule has 0 fully saturated rings. The normalized spacial score (nSPS) is 17.3. The number of fused-ring (bicyclic) bond motifs is 1. The molecular weight excluding hydrogens is 236 g/mol. The third-order valence-electron chi connectivity index (χ3n) is 2.68. The lowest BCUT2D eigenvalue weighted by atomic mass is 10.1. The predicted molar refractivity (Wildman–Crippen MR) is 66.1 cm³/mol. The Morgan fingerprint density at radius 1 is 1.47 bits per heavy atom. The fraction of sp³-hybridized carbons (Fsp3) is 0.182. The highest BCUT2D eigenvalue weighted by Gasteiger charge is 2.26. The first-order chi connectivity index (χ1) is 8.33. The van der Waals surface area contributed by atoms with Crippen LogP contribution in [0.25, 0.3) is 0 Å². The summed E-state index contributed by atoms with van der Waals surface area (Å²) in [6.45, 7) is 0. The van der Waals surface area contributed by atoms with Crippen LogP contribution in [0.15, 0.2) is 29.8 Å². The summed E-state index contributed by atoms with van der Waals surface area (Å²) in [4.78, 5) is 11.9. The number of nitrogens with zero attached hydrogens (tertiary/aromatic N) is 2. The van der Waals surface area contributed by atoms with Crippen molar-refractivity contribution in [3.05, 3.63) is 35.3 Å². The molecule has 1 aromatic carbocycles. The predicted octanol–water partition coefficient (Wildman–Crippen LogP) is 1.51. The number of carbonyl (C=O) groups is 1. The molecule has 0 saturated carbocycles. The standard InChI is InChI=1S/C11H10N4OS/c16-10(14-11-15-12-6-17-11)9-5-7-3-1-2-4-8(7)13-9/h1-4,6,9,13H,5H2,(H,14,15,16)/t9-/m0/s1. The number of amides is 1. The number of rotatable bonds is 2. The molecule has 0 spiro atoms. The number of para-hydroxylation sites is 1. The zero-order valence-electron chi connectivity index (χ0n) is 8.88. The maximum atomic E-state index is 11.9. The highest BCUT2D eigenvalue weighted by Crippen LogP contribution is 2.25. The molecule has 1 aliphatic rings. The van der Waals surface area contributed by atoms with Gasteiger partial charge >= 0.3 is 0 Å². The van der Waals surface area contributed by atoms with E-state index in [1.54, 1.807) is 5.51 Å². The molecule has 0 unspecified atom stereocenters. The quantitative estimate of drug-likeness (QED) is 0.843. The van der Waals surface area contributed by atoms with Crippen molar-refractivity contribution in [2.75, 3.05) is 10.6 Å². The van der Waals surface area contributed by atoms with Crippen molar-refractivity contribution in [1.29, 1.82) is 0 Å². The monoisotopic (exact) mass is 246 g/mol. The van der Waals surface area contributed by atoms with E-state index in [4.69, 9.17) is 0 Å². The van der Waals surface area contributed by atoms with Crippen molar-refractivity contribution in [2.45, 2.75) is 12.5 Å². The van der Waals surface area contributed by atoms with E-state index in [-0.39, 0.29) is 11.9 Å². The van der Waals surface area contributed by atoms with Gasteiger partial charge in [-0.15, -0.1) is 10.2 Å². The Bertz CT molecular complexity index is 515. The Hall–Kier alpha value is -1.95. The lowest BCUT2D eigenvalue weighted by molar-refractivity contribution is -0.116. The molecule has 3 rings (SSSR count). The van der Waals surface area contributed by atoms with Gasteiger partial charge in [0, 0.05) is 12.1 Å². The number of nitrogens with one attached hydrogen (secondary N) is 2. The maximum absolute atomic E-state index is 11.9. The molecule has 0 aliphatic carbocycles. The molecule has 0 saturated heterocycles. The van der Waals surface area contributed by atoms with Crippen molar-refractivity contribution < 1.29 is 4.79 Å². The van der Waals surface area contributed by atoms with Crippen LogP contribution < -0.4 is 10.6 Å². The number of benzene rings is 1. The van der Waals surface area contributed by atoms with Crippen LogP contribution in [-0.4, -0.2) is 22.1 Å². The van der Waals surface area contributed by atoms with E-state index in [0.29, 0.717) is 11.6 Å². The molecule has 2 N–H and O–H groups in total. The molecule has 2 aromatic rings. The van der Waals surface area contributed by atoms with Crippen LogP contribution in [0.5, 0.6) is 0 Å². The molecule has 17 heavy (non-hydrogen) atoms. The summed E-state index contributed by atoms with van der Waals surface area (Å²) in [6.07, 6.45) is 0.709. The summed E-state index contributed by atoms with van der Waals surface area (Å²) in [7, 11) is 0. The van der Waals surface area contributed by atoms with Gasteiger partial charge in [-0.2, -0.15) is 0 Å². The smallest absolute Gasteiger partial charge is 0.249 e. The van der Waals surface area contributed by atoms with Crippen molar-refractivity contribution in [3.8, 4) is 0 Å². The second-order valence-electron chi connectivity index (χ2n) is 3.79. The van der Waals surface area contributed by atoms with Gasteiger partial charge in [0.1, 0.15) is 11.6 Å². The van der Waals surface area contributed by atoms with E-state index in [2.05, 4.69) is 20.8 Å². The number of hydrogen-bond acceptors (Lipinski definition) is 5. The van der Waals surface area contributed by atoms with Crippen LogP contribution in [0.1, 0.15) is 5.56 Å². The minimum Gasteiger partial charge on any atom is -0.373 e.